The second-order valence-electron chi connectivity index (χ2n) is 10.4. The van der Waals surface area contributed by atoms with E-state index in [0.29, 0.717) is 6.42 Å². The molecule has 0 amide bonds. The molecule has 0 N–H and O–H groups in total. The van der Waals surface area contributed by atoms with Crippen LogP contribution in [-0.2, 0) is 28.3 Å². The van der Waals surface area contributed by atoms with Gasteiger partial charge in [-0.25, -0.2) is 0 Å². The van der Waals surface area contributed by atoms with Gasteiger partial charge >= 0.3 is 11.9 Å². The molecular formula is C23H42O6Si. The first-order chi connectivity index (χ1) is 13.4. The Labute approximate surface area is 183 Å². The Balaban J connectivity index is 5.09. The first-order valence-corrected chi connectivity index (χ1v) is 13.5. The Morgan fingerprint density at radius 3 is 2.03 bits per heavy atom. The number of hydrogen-bond acceptors (Lipinski definition) is 6. The molecule has 30 heavy (non-hydrogen) atoms. The molecule has 0 heterocycles. The molecule has 0 rings (SSSR count). The van der Waals surface area contributed by atoms with Gasteiger partial charge in [-0.05, 0) is 64.7 Å². The summed E-state index contributed by atoms with van der Waals surface area (Å²) >= 11 is 0. The molecule has 1 atom stereocenters. The van der Waals surface area contributed by atoms with Crippen LogP contribution in [0.4, 0.5) is 0 Å². The van der Waals surface area contributed by atoms with Crippen molar-refractivity contribution >= 4 is 26.0 Å². The summed E-state index contributed by atoms with van der Waals surface area (Å²) in [7, 11) is -2.08. The number of Topliss-reactive ketones (excluding diaryl/α,β-unsaturated/α-hetero) is 1. The minimum absolute atomic E-state index is 0.0136. The minimum atomic E-state index is -2.08. The quantitative estimate of drug-likeness (QED) is 0.185. The number of carbonyl (C=O) groups excluding carboxylic acids is 3. The van der Waals surface area contributed by atoms with Gasteiger partial charge in [-0.1, -0.05) is 26.3 Å². The van der Waals surface area contributed by atoms with Gasteiger partial charge in [0.1, 0.15) is 24.4 Å². The lowest BCUT2D eigenvalue weighted by Crippen LogP contribution is -2.44. The van der Waals surface area contributed by atoms with Crippen molar-refractivity contribution in [2.45, 2.75) is 111 Å². The van der Waals surface area contributed by atoms with Crippen LogP contribution in [0, 0.1) is 0 Å². The topological polar surface area (TPSA) is 78.9 Å². The van der Waals surface area contributed by atoms with E-state index in [4.69, 9.17) is 13.9 Å². The maximum Gasteiger partial charge on any atom is 0.313 e. The van der Waals surface area contributed by atoms with Gasteiger partial charge in [-0.3, -0.25) is 14.4 Å². The van der Waals surface area contributed by atoms with E-state index >= 15 is 0 Å². The Morgan fingerprint density at radius 2 is 1.57 bits per heavy atom. The van der Waals surface area contributed by atoms with Crippen molar-refractivity contribution in [3.63, 3.8) is 0 Å². The van der Waals surface area contributed by atoms with Crippen LogP contribution in [0.15, 0.2) is 11.6 Å². The highest BCUT2D eigenvalue weighted by Crippen LogP contribution is 2.38. The Morgan fingerprint density at radius 1 is 1.00 bits per heavy atom. The Kier molecular flexibility index (Phi) is 11.2. The second-order valence-corrected chi connectivity index (χ2v) is 15.2. The molecule has 0 aliphatic carbocycles. The van der Waals surface area contributed by atoms with Crippen LogP contribution in [0.5, 0.6) is 0 Å². The van der Waals surface area contributed by atoms with Crippen LogP contribution in [0.3, 0.4) is 0 Å². The van der Waals surface area contributed by atoms with Crippen molar-refractivity contribution in [2.24, 2.45) is 0 Å². The lowest BCUT2D eigenvalue weighted by molar-refractivity contribution is -0.156. The lowest BCUT2D eigenvalue weighted by Gasteiger charge is -2.39. The standard InChI is InChI=1S/C23H42O6Si/c1-17(13-14-27-18(2)24)11-12-20(29-30(9,10)23(6,7)8)15-19(25)16-21(26)28-22(3,4)5/h13,20H,11-12,14-16H2,1-10H3/b17-13-. The SMILES string of the molecule is CC(=O)OC/C=C(/C)CCC(CC(=O)CC(=O)OC(C)(C)C)O[Si](C)(C)C(C)(C)C. The molecule has 0 radical (unpaired) electrons. The number of ketones is 1. The predicted molar refractivity (Wildman–Crippen MR) is 122 cm³/mol. The fourth-order valence-corrected chi connectivity index (χ4v) is 3.84. The first kappa shape index (κ1) is 28.5. The molecule has 7 heteroatoms. The van der Waals surface area contributed by atoms with Crippen LogP contribution in [-0.4, -0.2) is 44.4 Å². The van der Waals surface area contributed by atoms with Crippen molar-refractivity contribution in [2.75, 3.05) is 6.61 Å². The summed E-state index contributed by atoms with van der Waals surface area (Å²) in [6, 6.07) is 0. The molecule has 0 aliphatic heterocycles. The first-order valence-electron chi connectivity index (χ1n) is 10.6. The smallest absolute Gasteiger partial charge is 0.313 e. The van der Waals surface area contributed by atoms with Gasteiger partial charge < -0.3 is 13.9 Å². The van der Waals surface area contributed by atoms with E-state index in [-0.39, 0.29) is 42.3 Å². The molecule has 0 bridgehead atoms. The van der Waals surface area contributed by atoms with E-state index in [2.05, 4.69) is 33.9 Å². The van der Waals surface area contributed by atoms with E-state index in [1.54, 1.807) is 20.8 Å². The van der Waals surface area contributed by atoms with Crippen molar-refractivity contribution in [3.8, 4) is 0 Å². The fourth-order valence-electron chi connectivity index (χ4n) is 2.45. The molecule has 0 aromatic heterocycles. The van der Waals surface area contributed by atoms with Crippen molar-refractivity contribution in [3.05, 3.63) is 11.6 Å². The zero-order valence-electron chi connectivity index (χ0n) is 20.6. The van der Waals surface area contributed by atoms with E-state index in [0.717, 1.165) is 12.0 Å². The van der Waals surface area contributed by atoms with Gasteiger partial charge in [0.15, 0.2) is 8.32 Å². The fraction of sp³-hybridized carbons (Fsp3) is 0.783. The molecule has 0 fully saturated rings. The molecule has 0 aromatic carbocycles. The van der Waals surface area contributed by atoms with Crippen molar-refractivity contribution in [1.82, 2.24) is 0 Å². The summed E-state index contributed by atoms with van der Waals surface area (Å²) in [4.78, 5) is 35.4. The monoisotopic (exact) mass is 442 g/mol. The number of rotatable bonds is 11. The molecular weight excluding hydrogens is 400 g/mol. The number of hydrogen-bond donors (Lipinski definition) is 0. The summed E-state index contributed by atoms with van der Waals surface area (Å²) in [6.07, 6.45) is 2.93. The summed E-state index contributed by atoms with van der Waals surface area (Å²) < 4.78 is 16.7. The zero-order valence-corrected chi connectivity index (χ0v) is 21.6. The molecule has 0 saturated heterocycles. The minimum Gasteiger partial charge on any atom is -0.462 e. The molecule has 0 saturated carbocycles. The summed E-state index contributed by atoms with van der Waals surface area (Å²) in [5.74, 6) is -0.989. The van der Waals surface area contributed by atoms with Gasteiger partial charge in [-0.15, -0.1) is 0 Å². The summed E-state index contributed by atoms with van der Waals surface area (Å²) in [5, 5.41) is 0.0136. The molecule has 0 aromatic rings. The average Bonchev–Trinajstić information content (AvgIpc) is 2.48. The third kappa shape index (κ3) is 13.0. The maximum absolute atomic E-state index is 12.5. The average molecular weight is 443 g/mol. The van der Waals surface area contributed by atoms with Gasteiger partial charge in [0, 0.05) is 13.3 Å². The molecule has 6 nitrogen and oxygen atoms in total. The highest BCUT2D eigenvalue weighted by atomic mass is 28.4. The van der Waals surface area contributed by atoms with Gasteiger partial charge in [0.05, 0.1) is 6.10 Å². The van der Waals surface area contributed by atoms with Gasteiger partial charge in [-0.2, -0.15) is 0 Å². The highest BCUT2D eigenvalue weighted by Gasteiger charge is 2.39. The summed E-state index contributed by atoms with van der Waals surface area (Å²) in [5.41, 5.74) is 0.456. The maximum atomic E-state index is 12.5. The third-order valence-electron chi connectivity index (χ3n) is 5.06. The van der Waals surface area contributed by atoms with E-state index in [9.17, 15) is 14.4 Å². The van der Waals surface area contributed by atoms with E-state index in [1.807, 2.05) is 13.0 Å². The third-order valence-corrected chi connectivity index (χ3v) is 9.60. The molecule has 0 spiro atoms. The normalized spacial score (nSPS) is 14.3. The van der Waals surface area contributed by atoms with Gasteiger partial charge in [0.2, 0.25) is 0 Å². The molecule has 1 unspecified atom stereocenters. The van der Waals surface area contributed by atoms with Crippen LogP contribution in [0.2, 0.25) is 18.1 Å². The largest absolute Gasteiger partial charge is 0.462 e. The second kappa shape index (κ2) is 11.8. The van der Waals surface area contributed by atoms with Gasteiger partial charge in [0.25, 0.3) is 0 Å². The predicted octanol–water partition coefficient (Wildman–Crippen LogP) is 5.36. The van der Waals surface area contributed by atoms with Crippen molar-refractivity contribution < 1.29 is 28.3 Å². The van der Waals surface area contributed by atoms with Crippen LogP contribution in [0.25, 0.3) is 0 Å². The lowest BCUT2D eigenvalue weighted by atomic mass is 10.0. The van der Waals surface area contributed by atoms with E-state index in [1.165, 1.54) is 6.92 Å². The number of carbonyl (C=O) groups is 3. The number of esters is 2. The molecule has 0 aliphatic rings. The Bertz CT molecular complexity index is 623. The number of allylic oxidation sites excluding steroid dienone is 1. The zero-order chi connectivity index (χ0) is 23.8. The highest BCUT2D eigenvalue weighted by molar-refractivity contribution is 6.74. The van der Waals surface area contributed by atoms with Crippen molar-refractivity contribution in [1.29, 1.82) is 0 Å². The van der Waals surface area contributed by atoms with E-state index < -0.39 is 19.9 Å². The van der Waals surface area contributed by atoms with Crippen LogP contribution >= 0.6 is 0 Å². The van der Waals surface area contributed by atoms with Crippen LogP contribution < -0.4 is 0 Å². The molecule has 174 valence electrons. The summed E-state index contributed by atoms with van der Waals surface area (Å²) in [6.45, 7) is 19.7. The Hall–Kier alpha value is -1.47. The van der Waals surface area contributed by atoms with Crippen LogP contribution in [0.1, 0.15) is 81.1 Å². The number of ether oxygens (including phenoxy) is 2.